The average Bonchev–Trinajstić information content (AvgIpc) is 3.29. The van der Waals surface area contributed by atoms with E-state index in [2.05, 4.69) is 48.3 Å². The van der Waals surface area contributed by atoms with Crippen LogP contribution in [0.15, 0.2) is 60.7 Å². The summed E-state index contributed by atoms with van der Waals surface area (Å²) >= 11 is 1.68. The van der Waals surface area contributed by atoms with Gasteiger partial charge in [0, 0.05) is 18.1 Å². The Morgan fingerprint density at radius 1 is 0.844 bits per heavy atom. The molecule has 0 aliphatic heterocycles. The lowest BCUT2D eigenvalue weighted by molar-refractivity contribution is -0.129. The Morgan fingerprint density at radius 3 is 2.16 bits per heavy atom. The second-order valence-corrected chi connectivity index (χ2v) is 8.94. The Hall–Kier alpha value is -2.79. The number of benzene rings is 2. The maximum Gasteiger partial charge on any atom is 0.335 e. The van der Waals surface area contributed by atoms with Crippen LogP contribution in [0, 0.1) is 0 Å². The van der Waals surface area contributed by atoms with Crippen molar-refractivity contribution in [3.05, 3.63) is 65.7 Å². The van der Waals surface area contributed by atoms with Crippen molar-refractivity contribution in [2.75, 3.05) is 0 Å². The van der Waals surface area contributed by atoms with E-state index in [9.17, 15) is 4.79 Å². The summed E-state index contributed by atoms with van der Waals surface area (Å²) in [5, 5.41) is 10.8. The molecule has 4 nitrogen and oxygen atoms in total. The molecular formula is C27H32N2O2S. The Morgan fingerprint density at radius 2 is 1.47 bits per heavy atom. The number of allylic oxidation sites excluding steroid dienone is 1. The summed E-state index contributed by atoms with van der Waals surface area (Å²) in [6.07, 6.45) is 12.4. The average molecular weight is 449 g/mol. The first kappa shape index (κ1) is 23.9. The van der Waals surface area contributed by atoms with E-state index >= 15 is 0 Å². The van der Waals surface area contributed by atoms with Crippen LogP contribution >= 0.6 is 11.3 Å². The minimum Gasteiger partial charge on any atom is -0.423 e. The summed E-state index contributed by atoms with van der Waals surface area (Å²) < 4.78 is 5.39. The third-order valence-corrected chi connectivity index (χ3v) is 6.26. The highest BCUT2D eigenvalue weighted by Gasteiger charge is 2.08. The first-order valence-corrected chi connectivity index (χ1v) is 12.4. The third kappa shape index (κ3) is 7.41. The molecule has 5 heteroatoms. The molecule has 3 aromatic rings. The molecule has 0 saturated carbocycles. The minimum absolute atomic E-state index is 0.329. The molecule has 168 valence electrons. The molecule has 32 heavy (non-hydrogen) atoms. The lowest BCUT2D eigenvalue weighted by atomic mass is 10.0. The predicted molar refractivity (Wildman–Crippen MR) is 133 cm³/mol. The predicted octanol–water partition coefficient (Wildman–Crippen LogP) is 7.65. The van der Waals surface area contributed by atoms with Gasteiger partial charge in [-0.05, 0) is 42.5 Å². The Kier molecular flexibility index (Phi) is 9.63. The van der Waals surface area contributed by atoms with Gasteiger partial charge < -0.3 is 4.74 Å². The molecule has 0 saturated heterocycles. The molecule has 0 unspecified atom stereocenters. The fourth-order valence-corrected chi connectivity index (χ4v) is 4.25. The number of hydrogen-bond donors (Lipinski definition) is 0. The first-order valence-electron chi connectivity index (χ1n) is 11.6. The van der Waals surface area contributed by atoms with Crippen LogP contribution in [-0.4, -0.2) is 16.2 Å². The fourth-order valence-electron chi connectivity index (χ4n) is 3.36. The molecule has 1 aromatic heterocycles. The maximum atomic E-state index is 11.9. The number of nitrogens with zero attached hydrogens (tertiary/aromatic N) is 2. The van der Waals surface area contributed by atoms with Gasteiger partial charge in [-0.25, -0.2) is 4.79 Å². The highest BCUT2D eigenvalue weighted by Crippen LogP contribution is 2.28. The van der Waals surface area contributed by atoms with Crippen LogP contribution in [0.5, 0.6) is 5.75 Å². The van der Waals surface area contributed by atoms with Crippen molar-refractivity contribution in [1.29, 1.82) is 0 Å². The summed E-state index contributed by atoms with van der Waals surface area (Å²) in [6.45, 7) is 4.38. The summed E-state index contributed by atoms with van der Waals surface area (Å²) in [5.74, 6) is 0.225. The fraction of sp³-hybridized carbons (Fsp3) is 0.370. The summed E-state index contributed by atoms with van der Waals surface area (Å²) in [7, 11) is 0. The highest BCUT2D eigenvalue weighted by atomic mass is 32.1. The number of unbranched alkanes of at least 4 members (excludes halogenated alkanes) is 5. The van der Waals surface area contributed by atoms with Crippen LogP contribution in [0.4, 0.5) is 0 Å². The molecule has 0 amide bonds. The molecule has 0 N–H and O–H groups in total. The van der Waals surface area contributed by atoms with Gasteiger partial charge in [-0.15, -0.1) is 10.2 Å². The SMILES string of the molecule is CCCCCC=CC(=O)Oc1ccc(-c2ccc(-c3nnc(CCCCC)s3)cc2)cc1. The Bertz CT molecular complexity index is 991. The maximum absolute atomic E-state index is 11.9. The third-order valence-electron chi connectivity index (χ3n) is 5.23. The van der Waals surface area contributed by atoms with Gasteiger partial charge in [-0.1, -0.05) is 93.3 Å². The molecule has 3 rings (SSSR count). The van der Waals surface area contributed by atoms with E-state index in [0.717, 1.165) is 46.0 Å². The van der Waals surface area contributed by atoms with Crippen LogP contribution in [-0.2, 0) is 11.2 Å². The van der Waals surface area contributed by atoms with E-state index in [1.54, 1.807) is 11.3 Å². The highest BCUT2D eigenvalue weighted by molar-refractivity contribution is 7.14. The molecule has 0 bridgehead atoms. The number of carbonyl (C=O) groups is 1. The van der Waals surface area contributed by atoms with Gasteiger partial charge in [0.1, 0.15) is 15.8 Å². The van der Waals surface area contributed by atoms with Crippen molar-refractivity contribution in [1.82, 2.24) is 10.2 Å². The van der Waals surface area contributed by atoms with Crippen LogP contribution < -0.4 is 4.74 Å². The smallest absolute Gasteiger partial charge is 0.335 e. The van der Waals surface area contributed by atoms with E-state index in [4.69, 9.17) is 4.74 Å². The van der Waals surface area contributed by atoms with Crippen LogP contribution in [0.25, 0.3) is 21.7 Å². The van der Waals surface area contributed by atoms with Gasteiger partial charge in [-0.3, -0.25) is 0 Å². The van der Waals surface area contributed by atoms with Gasteiger partial charge in [0.15, 0.2) is 0 Å². The molecule has 0 radical (unpaired) electrons. The molecular weight excluding hydrogens is 416 g/mol. The van der Waals surface area contributed by atoms with E-state index in [0.29, 0.717) is 5.75 Å². The number of hydrogen-bond acceptors (Lipinski definition) is 5. The van der Waals surface area contributed by atoms with Crippen molar-refractivity contribution in [2.24, 2.45) is 0 Å². The summed E-state index contributed by atoms with van der Waals surface area (Å²) in [5.41, 5.74) is 3.27. The zero-order chi connectivity index (χ0) is 22.6. The standard InChI is InChI=1S/C27H32N2O2S/c1-3-5-7-8-10-12-26(30)31-24-19-17-22(18-20-24)21-13-15-23(16-14-21)27-29-28-25(32-27)11-9-6-4-2/h10,12-20H,3-9,11H2,1-2H3. The van der Waals surface area contributed by atoms with Crippen molar-refractivity contribution >= 4 is 17.3 Å². The lowest BCUT2D eigenvalue weighted by Crippen LogP contribution is -2.03. The number of rotatable bonds is 12. The Labute approximate surface area is 195 Å². The molecule has 0 atom stereocenters. The van der Waals surface area contributed by atoms with E-state index in [1.165, 1.54) is 38.2 Å². The quantitative estimate of drug-likeness (QED) is 0.124. The molecule has 0 aliphatic carbocycles. The van der Waals surface area contributed by atoms with Crippen molar-refractivity contribution in [2.45, 2.75) is 65.2 Å². The normalized spacial score (nSPS) is 11.2. The van der Waals surface area contributed by atoms with Gasteiger partial charge in [0.05, 0.1) is 0 Å². The molecule has 2 aromatic carbocycles. The molecule has 1 heterocycles. The van der Waals surface area contributed by atoms with Gasteiger partial charge >= 0.3 is 5.97 Å². The van der Waals surface area contributed by atoms with E-state index < -0.39 is 0 Å². The zero-order valence-corrected chi connectivity index (χ0v) is 19.9. The number of esters is 1. The zero-order valence-electron chi connectivity index (χ0n) is 19.0. The van der Waals surface area contributed by atoms with Crippen LogP contribution in [0.3, 0.4) is 0 Å². The number of ether oxygens (including phenoxy) is 1. The number of aromatic nitrogens is 2. The van der Waals surface area contributed by atoms with Gasteiger partial charge in [0.2, 0.25) is 0 Å². The second-order valence-electron chi connectivity index (χ2n) is 7.88. The molecule has 0 aliphatic rings. The molecule has 0 spiro atoms. The lowest BCUT2D eigenvalue weighted by Gasteiger charge is -2.05. The summed E-state index contributed by atoms with van der Waals surface area (Å²) in [6, 6.07) is 16.0. The van der Waals surface area contributed by atoms with Gasteiger partial charge in [-0.2, -0.15) is 0 Å². The van der Waals surface area contributed by atoms with E-state index in [-0.39, 0.29) is 5.97 Å². The number of aryl methyl sites for hydroxylation is 1. The van der Waals surface area contributed by atoms with Crippen molar-refractivity contribution in [3.63, 3.8) is 0 Å². The van der Waals surface area contributed by atoms with E-state index in [1.807, 2.05) is 30.3 Å². The monoisotopic (exact) mass is 448 g/mol. The second kappa shape index (κ2) is 12.9. The largest absolute Gasteiger partial charge is 0.423 e. The van der Waals surface area contributed by atoms with Gasteiger partial charge in [0.25, 0.3) is 0 Å². The molecule has 0 fully saturated rings. The Balaban J connectivity index is 1.55. The van der Waals surface area contributed by atoms with Crippen LogP contribution in [0.2, 0.25) is 0 Å². The number of carbonyl (C=O) groups excluding carboxylic acids is 1. The minimum atomic E-state index is -0.329. The topological polar surface area (TPSA) is 52.1 Å². The van der Waals surface area contributed by atoms with Crippen molar-refractivity contribution < 1.29 is 9.53 Å². The first-order chi connectivity index (χ1) is 15.7. The summed E-state index contributed by atoms with van der Waals surface area (Å²) in [4.78, 5) is 11.9. The van der Waals surface area contributed by atoms with Crippen molar-refractivity contribution in [3.8, 4) is 27.4 Å². The van der Waals surface area contributed by atoms with Crippen LogP contribution in [0.1, 0.15) is 63.8 Å².